The molecule has 7 heteroatoms. The molecule has 0 heterocycles. The molecule has 0 bridgehead atoms. The topological polar surface area (TPSA) is 63.6 Å². The molecule has 0 rings (SSSR count). The van der Waals surface area contributed by atoms with Crippen molar-refractivity contribution >= 4 is 69.5 Å². The fourth-order valence-electron chi connectivity index (χ4n) is 2.81. The van der Waals surface area contributed by atoms with Gasteiger partial charge in [-0.2, -0.15) is 8.42 Å². The molecule has 0 saturated carbocycles. The van der Waals surface area contributed by atoms with Gasteiger partial charge in [0.2, 0.25) is 0 Å². The molecule has 0 aliphatic rings. The summed E-state index contributed by atoms with van der Waals surface area (Å²) in [4.78, 5) is 0. The van der Waals surface area contributed by atoms with Gasteiger partial charge in [-0.25, -0.2) is 4.18 Å². The molecule has 144 valence electrons. The van der Waals surface area contributed by atoms with Gasteiger partial charge in [0.1, 0.15) is 0 Å². The van der Waals surface area contributed by atoms with Gasteiger partial charge < -0.3 is 0 Å². The van der Waals surface area contributed by atoms with Crippen molar-refractivity contribution in [2.24, 2.45) is 0 Å². The van der Waals surface area contributed by atoms with Gasteiger partial charge in [-0.3, -0.25) is 4.55 Å². The molecule has 25 heavy (non-hydrogen) atoms. The molecule has 0 radical (unpaired) electrons. The van der Waals surface area contributed by atoms with Crippen LogP contribution in [-0.2, 0) is 14.6 Å². The second-order valence-electron chi connectivity index (χ2n) is 6.55. The molecule has 4 nitrogen and oxygen atoms in total. The standard InChI is InChI=1S/C18H38O4S.2Na.2H/c1-2-3-4-5-6-7-8-9-10-11-12-13-14-15-16-17-18-22-23(19,20)21;;;;/h2-18H2,1H3,(H,19,20,21);;;;. The number of hydrogen-bond donors (Lipinski definition) is 1. The quantitative estimate of drug-likeness (QED) is 0.205. The van der Waals surface area contributed by atoms with Gasteiger partial charge in [0.15, 0.2) is 0 Å². The molecule has 0 aromatic carbocycles. The Morgan fingerprint density at radius 1 is 0.600 bits per heavy atom. The molecule has 0 spiro atoms. The summed E-state index contributed by atoms with van der Waals surface area (Å²) in [6.07, 6.45) is 20.5. The minimum atomic E-state index is -4.24. The third-order valence-corrected chi connectivity index (χ3v) is 4.69. The van der Waals surface area contributed by atoms with Crippen LogP contribution in [0.5, 0.6) is 0 Å². The molecule has 0 aromatic heterocycles. The van der Waals surface area contributed by atoms with Crippen molar-refractivity contribution in [3.63, 3.8) is 0 Å². The molecule has 0 atom stereocenters. The van der Waals surface area contributed by atoms with Crippen LogP contribution in [0.3, 0.4) is 0 Å². The second kappa shape index (κ2) is 23.9. The van der Waals surface area contributed by atoms with E-state index in [1.165, 1.54) is 83.5 Å². The predicted octanol–water partition coefficient (Wildman–Crippen LogP) is 4.77. The summed E-state index contributed by atoms with van der Waals surface area (Å²) in [5.74, 6) is 0. The van der Waals surface area contributed by atoms with Gasteiger partial charge in [0.05, 0.1) is 6.61 Å². The molecular weight excluding hydrogens is 358 g/mol. The van der Waals surface area contributed by atoms with Crippen LogP contribution < -0.4 is 0 Å². The van der Waals surface area contributed by atoms with Crippen LogP contribution in [0.15, 0.2) is 0 Å². The van der Waals surface area contributed by atoms with Crippen LogP contribution >= 0.6 is 0 Å². The van der Waals surface area contributed by atoms with Gasteiger partial charge in [-0.15, -0.1) is 0 Å². The zero-order valence-electron chi connectivity index (χ0n) is 15.1. The van der Waals surface area contributed by atoms with E-state index >= 15 is 0 Å². The van der Waals surface area contributed by atoms with Gasteiger partial charge in [0.25, 0.3) is 0 Å². The van der Waals surface area contributed by atoms with E-state index in [2.05, 4.69) is 11.1 Å². The first kappa shape index (κ1) is 31.6. The van der Waals surface area contributed by atoms with Crippen molar-refractivity contribution < 1.29 is 17.2 Å². The van der Waals surface area contributed by atoms with Crippen LogP contribution in [0.2, 0.25) is 0 Å². The fourth-order valence-corrected chi connectivity index (χ4v) is 3.14. The molecule has 0 aliphatic heterocycles. The SMILES string of the molecule is CCCCCCCCCCCCCCCCCCOS(=O)(=O)O.[NaH].[NaH]. The molecular formula is C18H40Na2O4S. The van der Waals surface area contributed by atoms with Gasteiger partial charge in [-0.1, -0.05) is 103 Å². The average molecular weight is 399 g/mol. The molecule has 0 saturated heterocycles. The van der Waals surface area contributed by atoms with Crippen LogP contribution in [0, 0.1) is 0 Å². The summed E-state index contributed by atoms with van der Waals surface area (Å²) in [6.45, 7) is 2.36. The summed E-state index contributed by atoms with van der Waals surface area (Å²) in [7, 11) is -4.24. The molecule has 0 unspecified atom stereocenters. The van der Waals surface area contributed by atoms with Crippen molar-refractivity contribution in [2.45, 2.75) is 110 Å². The zero-order chi connectivity index (χ0) is 17.2. The summed E-state index contributed by atoms with van der Waals surface area (Å²) in [5.41, 5.74) is 0. The number of unbranched alkanes of at least 4 members (excludes halogenated alkanes) is 15. The van der Waals surface area contributed by atoms with Crippen LogP contribution in [0.1, 0.15) is 110 Å². The molecule has 0 aromatic rings. The normalized spacial score (nSPS) is 11.0. The Morgan fingerprint density at radius 2 is 0.880 bits per heavy atom. The average Bonchev–Trinajstić information content (AvgIpc) is 2.49. The van der Waals surface area contributed by atoms with E-state index in [-0.39, 0.29) is 65.7 Å². The van der Waals surface area contributed by atoms with Crippen LogP contribution in [0.4, 0.5) is 0 Å². The molecule has 1 N–H and O–H groups in total. The van der Waals surface area contributed by atoms with Crippen molar-refractivity contribution in [3.8, 4) is 0 Å². The van der Waals surface area contributed by atoms with E-state index < -0.39 is 10.4 Å². The maximum atomic E-state index is 10.3. The van der Waals surface area contributed by atoms with Gasteiger partial charge in [0, 0.05) is 0 Å². The van der Waals surface area contributed by atoms with E-state index in [1.54, 1.807) is 0 Å². The Labute approximate surface area is 201 Å². The first-order valence-corrected chi connectivity index (χ1v) is 11.0. The number of rotatable bonds is 18. The fraction of sp³-hybridized carbons (Fsp3) is 1.00. The van der Waals surface area contributed by atoms with Gasteiger partial charge in [-0.05, 0) is 6.42 Å². The maximum absolute atomic E-state index is 10.3. The third-order valence-electron chi connectivity index (χ3n) is 4.23. The Morgan fingerprint density at radius 3 is 1.16 bits per heavy atom. The summed E-state index contributed by atoms with van der Waals surface area (Å²) in [6, 6.07) is 0. The molecule has 0 aliphatic carbocycles. The van der Waals surface area contributed by atoms with E-state index in [0.29, 0.717) is 6.42 Å². The van der Waals surface area contributed by atoms with Crippen molar-refractivity contribution in [1.29, 1.82) is 0 Å². The van der Waals surface area contributed by atoms with Crippen LogP contribution in [-0.4, -0.2) is 78.7 Å². The predicted molar refractivity (Wildman–Crippen MR) is 111 cm³/mol. The Balaban J connectivity index is -0.00000242. The summed E-state index contributed by atoms with van der Waals surface area (Å²) >= 11 is 0. The van der Waals surface area contributed by atoms with Crippen molar-refractivity contribution in [3.05, 3.63) is 0 Å². The zero-order valence-corrected chi connectivity index (χ0v) is 15.9. The summed E-state index contributed by atoms with van der Waals surface area (Å²) in [5, 5.41) is 0. The van der Waals surface area contributed by atoms with Crippen molar-refractivity contribution in [2.75, 3.05) is 6.61 Å². The first-order chi connectivity index (χ1) is 11.1. The van der Waals surface area contributed by atoms with E-state index in [9.17, 15) is 8.42 Å². The number of hydrogen-bond acceptors (Lipinski definition) is 3. The third kappa shape index (κ3) is 30.8. The minimum absolute atomic E-state index is 0. The Hall–Kier alpha value is 1.87. The first-order valence-electron chi connectivity index (χ1n) is 9.68. The van der Waals surface area contributed by atoms with E-state index in [4.69, 9.17) is 4.55 Å². The van der Waals surface area contributed by atoms with E-state index in [0.717, 1.165) is 12.8 Å². The molecule has 0 fully saturated rings. The van der Waals surface area contributed by atoms with E-state index in [1.807, 2.05) is 0 Å². The summed E-state index contributed by atoms with van der Waals surface area (Å²) < 4.78 is 33.3. The Kier molecular flexibility index (Phi) is 30.2. The van der Waals surface area contributed by atoms with Crippen LogP contribution in [0.25, 0.3) is 0 Å². The van der Waals surface area contributed by atoms with Gasteiger partial charge >= 0.3 is 69.5 Å². The van der Waals surface area contributed by atoms with Crippen molar-refractivity contribution in [1.82, 2.24) is 0 Å². The second-order valence-corrected chi connectivity index (χ2v) is 7.64. The molecule has 0 amide bonds. The monoisotopic (exact) mass is 398 g/mol. The Bertz CT molecular complexity index is 338.